The highest BCUT2D eigenvalue weighted by molar-refractivity contribution is 6.30. The van der Waals surface area contributed by atoms with Gasteiger partial charge in [-0.25, -0.2) is 0 Å². The van der Waals surface area contributed by atoms with E-state index in [0.717, 1.165) is 0 Å². The van der Waals surface area contributed by atoms with E-state index in [9.17, 15) is 9.59 Å². The van der Waals surface area contributed by atoms with Gasteiger partial charge in [0.05, 0.1) is 26.3 Å². The minimum Gasteiger partial charge on any atom is -0.368 e. The molecule has 1 aromatic carbocycles. The zero-order chi connectivity index (χ0) is 16.4. The minimum atomic E-state index is -0.665. The third-order valence-corrected chi connectivity index (χ3v) is 4.42. The fraction of sp³-hybridized carbons (Fsp3) is 0.500. The van der Waals surface area contributed by atoms with Gasteiger partial charge in [-0.3, -0.25) is 9.59 Å². The highest BCUT2D eigenvalue weighted by Crippen LogP contribution is 2.24. The van der Waals surface area contributed by atoms with Gasteiger partial charge < -0.3 is 19.3 Å². The van der Waals surface area contributed by atoms with Gasteiger partial charge in [-0.1, -0.05) is 11.6 Å². The van der Waals surface area contributed by atoms with Crippen LogP contribution in [0.25, 0.3) is 0 Å². The number of carbonyl (C=O) groups excluding carboxylic acids is 2. The Morgan fingerprint density at radius 2 is 2.00 bits per heavy atom. The number of benzene rings is 1. The number of amides is 2. The molecule has 124 valence electrons. The van der Waals surface area contributed by atoms with E-state index < -0.39 is 5.60 Å². The number of rotatable bonds is 1. The predicted octanol–water partition coefficient (Wildman–Crippen LogP) is 1.04. The molecule has 1 unspecified atom stereocenters. The molecule has 0 aromatic heterocycles. The van der Waals surface area contributed by atoms with Gasteiger partial charge >= 0.3 is 0 Å². The molecular formula is C16H19ClN2O4. The Labute approximate surface area is 139 Å². The molecule has 0 N–H and O–H groups in total. The molecule has 1 spiro atoms. The monoisotopic (exact) mass is 338 g/mol. The van der Waals surface area contributed by atoms with Crippen molar-refractivity contribution in [2.24, 2.45) is 0 Å². The van der Waals surface area contributed by atoms with Crippen LogP contribution in [0, 0.1) is 0 Å². The van der Waals surface area contributed by atoms with Crippen molar-refractivity contribution in [2.75, 3.05) is 46.5 Å². The van der Waals surface area contributed by atoms with Crippen molar-refractivity contribution < 1.29 is 19.1 Å². The first-order chi connectivity index (χ1) is 11.0. The maximum absolute atomic E-state index is 12.7. The molecule has 0 saturated carbocycles. The Bertz CT molecular complexity index is 607. The summed E-state index contributed by atoms with van der Waals surface area (Å²) in [7, 11) is 1.72. The molecule has 3 rings (SSSR count). The van der Waals surface area contributed by atoms with Gasteiger partial charge in [-0.2, -0.15) is 0 Å². The molecule has 2 heterocycles. The summed E-state index contributed by atoms with van der Waals surface area (Å²) in [6, 6.07) is 6.83. The Morgan fingerprint density at radius 3 is 2.74 bits per heavy atom. The van der Waals surface area contributed by atoms with Crippen LogP contribution in [0.4, 0.5) is 0 Å². The van der Waals surface area contributed by atoms with E-state index in [2.05, 4.69) is 0 Å². The summed E-state index contributed by atoms with van der Waals surface area (Å²) in [4.78, 5) is 27.8. The average molecular weight is 339 g/mol. The van der Waals surface area contributed by atoms with Crippen LogP contribution >= 0.6 is 11.6 Å². The summed E-state index contributed by atoms with van der Waals surface area (Å²) in [5, 5.41) is 0.595. The second kappa shape index (κ2) is 6.47. The number of carbonyl (C=O) groups is 2. The van der Waals surface area contributed by atoms with Crippen molar-refractivity contribution in [1.82, 2.24) is 9.80 Å². The summed E-state index contributed by atoms with van der Waals surface area (Å²) < 4.78 is 11.4. The third kappa shape index (κ3) is 3.49. The smallest absolute Gasteiger partial charge is 0.254 e. The van der Waals surface area contributed by atoms with Gasteiger partial charge in [0.15, 0.2) is 0 Å². The van der Waals surface area contributed by atoms with Gasteiger partial charge in [-0.05, 0) is 24.3 Å². The Morgan fingerprint density at radius 1 is 1.26 bits per heavy atom. The Kier molecular flexibility index (Phi) is 4.57. The number of nitrogens with zero attached hydrogens (tertiary/aromatic N) is 2. The summed E-state index contributed by atoms with van der Waals surface area (Å²) in [5.41, 5.74) is -0.0771. The first-order valence-electron chi connectivity index (χ1n) is 7.50. The van der Waals surface area contributed by atoms with Gasteiger partial charge in [0.2, 0.25) is 5.91 Å². The minimum absolute atomic E-state index is 0.0484. The number of ether oxygens (including phenoxy) is 2. The first kappa shape index (κ1) is 16.2. The molecule has 0 bridgehead atoms. The van der Waals surface area contributed by atoms with Crippen molar-refractivity contribution in [3.8, 4) is 0 Å². The van der Waals surface area contributed by atoms with Crippen LogP contribution in [-0.4, -0.2) is 73.7 Å². The number of hydrogen-bond donors (Lipinski definition) is 0. The van der Waals surface area contributed by atoms with E-state index in [1.54, 1.807) is 41.1 Å². The fourth-order valence-electron chi connectivity index (χ4n) is 2.98. The highest BCUT2D eigenvalue weighted by Gasteiger charge is 2.42. The molecule has 1 aromatic rings. The first-order valence-corrected chi connectivity index (χ1v) is 7.87. The zero-order valence-electron chi connectivity index (χ0n) is 13.0. The standard InChI is InChI=1S/C16H19ClN2O4/c1-18-9-16(11-22-8-14(18)20)10-19(6-7-23-16)15(21)12-2-4-13(17)5-3-12/h2-5H,6-11H2,1H3. The molecule has 2 aliphatic rings. The van der Waals surface area contributed by atoms with Crippen molar-refractivity contribution in [2.45, 2.75) is 5.60 Å². The van der Waals surface area contributed by atoms with Crippen LogP contribution in [-0.2, 0) is 14.3 Å². The number of likely N-dealkylation sites (N-methyl/N-ethyl adjacent to an activating group) is 1. The maximum Gasteiger partial charge on any atom is 0.254 e. The molecular weight excluding hydrogens is 320 g/mol. The molecule has 0 radical (unpaired) electrons. The highest BCUT2D eigenvalue weighted by atomic mass is 35.5. The van der Waals surface area contributed by atoms with E-state index in [-0.39, 0.29) is 18.4 Å². The van der Waals surface area contributed by atoms with E-state index in [0.29, 0.717) is 43.4 Å². The van der Waals surface area contributed by atoms with Gasteiger partial charge in [0, 0.05) is 24.2 Å². The topological polar surface area (TPSA) is 59.1 Å². The number of hydrogen-bond acceptors (Lipinski definition) is 4. The van der Waals surface area contributed by atoms with Gasteiger partial charge in [-0.15, -0.1) is 0 Å². The predicted molar refractivity (Wildman–Crippen MR) is 84.5 cm³/mol. The molecule has 6 nitrogen and oxygen atoms in total. The third-order valence-electron chi connectivity index (χ3n) is 4.17. The lowest BCUT2D eigenvalue weighted by molar-refractivity contribution is -0.135. The van der Waals surface area contributed by atoms with Crippen LogP contribution in [0.1, 0.15) is 10.4 Å². The molecule has 2 amide bonds. The normalized spacial score (nSPS) is 25.6. The molecule has 2 saturated heterocycles. The van der Waals surface area contributed by atoms with E-state index >= 15 is 0 Å². The van der Waals surface area contributed by atoms with Gasteiger partial charge in [0.25, 0.3) is 5.91 Å². The molecule has 23 heavy (non-hydrogen) atoms. The van der Waals surface area contributed by atoms with Crippen LogP contribution in [0.5, 0.6) is 0 Å². The van der Waals surface area contributed by atoms with Crippen molar-refractivity contribution in [3.63, 3.8) is 0 Å². The van der Waals surface area contributed by atoms with Crippen molar-refractivity contribution in [3.05, 3.63) is 34.9 Å². The van der Waals surface area contributed by atoms with E-state index in [1.165, 1.54) is 0 Å². The molecule has 2 fully saturated rings. The average Bonchev–Trinajstić information content (AvgIpc) is 2.67. The molecule has 2 aliphatic heterocycles. The number of morpholine rings is 1. The van der Waals surface area contributed by atoms with E-state index in [1.807, 2.05) is 0 Å². The maximum atomic E-state index is 12.7. The lowest BCUT2D eigenvalue weighted by atomic mass is 10.0. The van der Waals surface area contributed by atoms with Crippen molar-refractivity contribution in [1.29, 1.82) is 0 Å². The van der Waals surface area contributed by atoms with Crippen LogP contribution in [0.15, 0.2) is 24.3 Å². The van der Waals surface area contributed by atoms with Crippen LogP contribution in [0.2, 0.25) is 5.02 Å². The summed E-state index contributed by atoms with van der Waals surface area (Å²) in [6.45, 7) is 2.09. The second-order valence-electron chi connectivity index (χ2n) is 6.01. The zero-order valence-corrected chi connectivity index (χ0v) is 13.7. The van der Waals surface area contributed by atoms with Crippen molar-refractivity contribution >= 4 is 23.4 Å². The molecule has 7 heteroatoms. The number of halogens is 1. The summed E-state index contributed by atoms with van der Waals surface area (Å²) >= 11 is 5.87. The van der Waals surface area contributed by atoms with Crippen LogP contribution < -0.4 is 0 Å². The Hall–Kier alpha value is -1.63. The van der Waals surface area contributed by atoms with E-state index in [4.69, 9.17) is 21.1 Å². The summed E-state index contributed by atoms with van der Waals surface area (Å²) in [5.74, 6) is -0.144. The molecule has 1 atom stereocenters. The lowest BCUT2D eigenvalue weighted by Crippen LogP contribution is -2.59. The summed E-state index contributed by atoms with van der Waals surface area (Å²) in [6.07, 6.45) is 0. The quantitative estimate of drug-likeness (QED) is 0.767. The second-order valence-corrected chi connectivity index (χ2v) is 6.44. The lowest BCUT2D eigenvalue weighted by Gasteiger charge is -2.42. The van der Waals surface area contributed by atoms with Crippen LogP contribution in [0.3, 0.4) is 0 Å². The molecule has 0 aliphatic carbocycles. The largest absolute Gasteiger partial charge is 0.368 e. The van der Waals surface area contributed by atoms with Gasteiger partial charge in [0.1, 0.15) is 12.2 Å². The fourth-order valence-corrected chi connectivity index (χ4v) is 3.10. The SMILES string of the molecule is CN1CC2(COCC1=O)CN(C(=O)c1ccc(Cl)cc1)CCO2. The Balaban J connectivity index is 1.76.